The van der Waals surface area contributed by atoms with Gasteiger partial charge in [-0.05, 0) is 23.6 Å². The lowest BCUT2D eigenvalue weighted by Crippen LogP contribution is -2.26. The first-order valence-electron chi connectivity index (χ1n) is 7.33. The number of hydrogen-bond donors (Lipinski definition) is 1. The first-order chi connectivity index (χ1) is 11.3. The zero-order chi connectivity index (χ0) is 15.9. The second kappa shape index (κ2) is 7.64. The summed E-state index contributed by atoms with van der Waals surface area (Å²) in [5.74, 6) is 1.01. The maximum atomic E-state index is 11.8. The summed E-state index contributed by atoms with van der Waals surface area (Å²) in [6.07, 6.45) is 3.23. The van der Waals surface area contributed by atoms with Crippen LogP contribution in [0.3, 0.4) is 0 Å². The molecule has 7 heteroatoms. The Morgan fingerprint density at radius 2 is 2.22 bits per heavy atom. The van der Waals surface area contributed by atoms with Crippen LogP contribution >= 0.6 is 11.3 Å². The highest BCUT2D eigenvalue weighted by Gasteiger charge is 2.10. The van der Waals surface area contributed by atoms with Crippen LogP contribution in [0.2, 0.25) is 0 Å². The number of rotatable bonds is 7. The van der Waals surface area contributed by atoms with Crippen LogP contribution in [-0.4, -0.2) is 27.6 Å². The maximum absolute atomic E-state index is 11.8. The molecule has 0 saturated heterocycles. The smallest absolute Gasteiger partial charge is 0.227 e. The number of nitrogens with zero attached hydrogens (tertiary/aromatic N) is 3. The third-order valence-electron chi connectivity index (χ3n) is 3.24. The monoisotopic (exact) mass is 328 g/mol. The lowest BCUT2D eigenvalue weighted by molar-refractivity contribution is -0.121. The quantitative estimate of drug-likeness (QED) is 0.720. The zero-order valence-corrected chi connectivity index (χ0v) is 13.3. The van der Waals surface area contributed by atoms with Gasteiger partial charge in [-0.1, -0.05) is 11.2 Å². The summed E-state index contributed by atoms with van der Waals surface area (Å²) in [5.41, 5.74) is 1.90. The van der Waals surface area contributed by atoms with Gasteiger partial charge in [0.1, 0.15) is 0 Å². The summed E-state index contributed by atoms with van der Waals surface area (Å²) >= 11 is 1.58. The van der Waals surface area contributed by atoms with Crippen molar-refractivity contribution in [1.82, 2.24) is 20.4 Å². The fourth-order valence-corrected chi connectivity index (χ4v) is 2.68. The van der Waals surface area contributed by atoms with Crippen molar-refractivity contribution in [3.63, 3.8) is 0 Å². The number of amides is 1. The molecule has 3 aromatic rings. The van der Waals surface area contributed by atoms with Crippen LogP contribution < -0.4 is 5.32 Å². The lowest BCUT2D eigenvalue weighted by atomic mass is 10.2. The molecule has 0 aliphatic rings. The molecule has 3 aromatic heterocycles. The van der Waals surface area contributed by atoms with Gasteiger partial charge >= 0.3 is 0 Å². The van der Waals surface area contributed by atoms with E-state index in [2.05, 4.69) is 20.4 Å². The van der Waals surface area contributed by atoms with Crippen LogP contribution in [0.1, 0.15) is 18.0 Å². The molecular weight excluding hydrogens is 312 g/mol. The maximum Gasteiger partial charge on any atom is 0.227 e. The first-order valence-corrected chi connectivity index (χ1v) is 8.27. The molecule has 3 rings (SSSR count). The molecule has 0 unspecified atom stereocenters. The Bertz CT molecular complexity index is 741. The van der Waals surface area contributed by atoms with Crippen molar-refractivity contribution in [2.24, 2.45) is 0 Å². The number of carbonyl (C=O) groups excluding carboxylic acids is 1. The molecule has 0 aliphatic heterocycles. The highest BCUT2D eigenvalue weighted by Crippen LogP contribution is 2.18. The Hall–Kier alpha value is -2.54. The van der Waals surface area contributed by atoms with Gasteiger partial charge in [0.05, 0.1) is 0 Å². The van der Waals surface area contributed by atoms with Gasteiger partial charge in [0.15, 0.2) is 0 Å². The third-order valence-corrected chi connectivity index (χ3v) is 3.93. The first kappa shape index (κ1) is 15.4. The number of aryl methyl sites for hydroxylation is 1. The van der Waals surface area contributed by atoms with E-state index in [4.69, 9.17) is 4.52 Å². The van der Waals surface area contributed by atoms with E-state index >= 15 is 0 Å². The molecule has 0 radical (unpaired) electrons. The van der Waals surface area contributed by atoms with Crippen molar-refractivity contribution < 1.29 is 9.32 Å². The number of carbonyl (C=O) groups is 1. The number of hydrogen-bond acceptors (Lipinski definition) is 6. The van der Waals surface area contributed by atoms with E-state index in [1.54, 1.807) is 17.5 Å². The Morgan fingerprint density at radius 3 is 3.00 bits per heavy atom. The van der Waals surface area contributed by atoms with E-state index in [0.717, 1.165) is 17.7 Å². The van der Waals surface area contributed by atoms with Gasteiger partial charge < -0.3 is 9.84 Å². The molecule has 1 N–H and O–H groups in total. The Morgan fingerprint density at radius 1 is 1.26 bits per heavy atom. The SMILES string of the molecule is O=C(CCc1nc(-c2ccsc2)no1)NCCc1ccccn1. The van der Waals surface area contributed by atoms with Crippen LogP contribution in [0.4, 0.5) is 0 Å². The van der Waals surface area contributed by atoms with E-state index in [9.17, 15) is 4.79 Å². The number of aromatic nitrogens is 3. The number of nitrogens with one attached hydrogen (secondary N) is 1. The molecule has 0 aliphatic carbocycles. The third kappa shape index (κ3) is 4.46. The molecule has 6 nitrogen and oxygen atoms in total. The molecule has 0 fully saturated rings. The summed E-state index contributed by atoms with van der Waals surface area (Å²) in [4.78, 5) is 20.3. The predicted molar refractivity (Wildman–Crippen MR) is 86.9 cm³/mol. The molecule has 0 saturated carbocycles. The summed E-state index contributed by atoms with van der Waals surface area (Å²) in [5, 5.41) is 10.7. The average molecular weight is 328 g/mol. The number of pyridine rings is 1. The van der Waals surface area contributed by atoms with Crippen molar-refractivity contribution >= 4 is 17.2 Å². The van der Waals surface area contributed by atoms with Crippen molar-refractivity contribution in [3.05, 3.63) is 52.8 Å². The van der Waals surface area contributed by atoms with Crippen LogP contribution in [0.5, 0.6) is 0 Å². The normalized spacial score (nSPS) is 10.6. The Labute approximate surface area is 137 Å². The molecule has 3 heterocycles. The number of thiophene rings is 1. The van der Waals surface area contributed by atoms with Crippen molar-refractivity contribution in [3.8, 4) is 11.4 Å². The molecule has 0 spiro atoms. The van der Waals surface area contributed by atoms with Gasteiger partial charge in [0.25, 0.3) is 0 Å². The minimum Gasteiger partial charge on any atom is -0.356 e. The summed E-state index contributed by atoms with van der Waals surface area (Å²) in [7, 11) is 0. The minimum absolute atomic E-state index is 0.0313. The van der Waals surface area contributed by atoms with E-state index < -0.39 is 0 Å². The zero-order valence-electron chi connectivity index (χ0n) is 12.4. The van der Waals surface area contributed by atoms with Crippen LogP contribution in [0, 0.1) is 0 Å². The highest BCUT2D eigenvalue weighted by atomic mass is 32.1. The Balaban J connectivity index is 1.41. The van der Waals surface area contributed by atoms with Crippen molar-refractivity contribution in [1.29, 1.82) is 0 Å². The van der Waals surface area contributed by atoms with E-state index in [1.165, 1.54) is 0 Å². The summed E-state index contributed by atoms with van der Waals surface area (Å²) in [6.45, 7) is 0.569. The fraction of sp³-hybridized carbons (Fsp3) is 0.250. The summed E-state index contributed by atoms with van der Waals surface area (Å²) < 4.78 is 5.17. The van der Waals surface area contributed by atoms with Gasteiger partial charge in [-0.2, -0.15) is 16.3 Å². The predicted octanol–water partition coefficient (Wildman–Crippen LogP) is 2.48. The standard InChI is InChI=1S/C16H16N4O2S/c21-14(18-9-6-13-3-1-2-8-17-13)4-5-15-19-16(20-22-15)12-7-10-23-11-12/h1-3,7-8,10-11H,4-6,9H2,(H,18,21). The molecule has 0 bridgehead atoms. The molecule has 118 valence electrons. The molecule has 1 amide bonds. The fourth-order valence-electron chi connectivity index (χ4n) is 2.05. The van der Waals surface area contributed by atoms with Crippen molar-refractivity contribution in [2.45, 2.75) is 19.3 Å². The van der Waals surface area contributed by atoms with E-state index in [0.29, 0.717) is 31.1 Å². The molecule has 0 atom stereocenters. The second-order valence-electron chi connectivity index (χ2n) is 4.94. The van der Waals surface area contributed by atoms with Gasteiger partial charge in [-0.25, -0.2) is 0 Å². The topological polar surface area (TPSA) is 80.9 Å². The largest absolute Gasteiger partial charge is 0.356 e. The van der Waals surface area contributed by atoms with Gasteiger partial charge in [-0.15, -0.1) is 0 Å². The second-order valence-corrected chi connectivity index (χ2v) is 5.72. The van der Waals surface area contributed by atoms with Crippen LogP contribution in [-0.2, 0) is 17.6 Å². The van der Waals surface area contributed by atoms with Crippen LogP contribution in [0.15, 0.2) is 45.7 Å². The highest BCUT2D eigenvalue weighted by molar-refractivity contribution is 7.08. The van der Waals surface area contributed by atoms with Gasteiger partial charge in [-0.3, -0.25) is 9.78 Å². The van der Waals surface area contributed by atoms with Gasteiger partial charge in [0.2, 0.25) is 17.6 Å². The minimum atomic E-state index is -0.0313. The average Bonchev–Trinajstić information content (AvgIpc) is 3.25. The lowest BCUT2D eigenvalue weighted by Gasteiger charge is -2.03. The van der Waals surface area contributed by atoms with Crippen molar-refractivity contribution in [2.75, 3.05) is 6.54 Å². The molecule has 23 heavy (non-hydrogen) atoms. The Kier molecular flexibility index (Phi) is 5.10. The van der Waals surface area contributed by atoms with E-state index in [-0.39, 0.29) is 5.91 Å². The van der Waals surface area contributed by atoms with Crippen LogP contribution in [0.25, 0.3) is 11.4 Å². The van der Waals surface area contributed by atoms with Gasteiger partial charge in [0, 0.05) is 48.6 Å². The summed E-state index contributed by atoms with van der Waals surface area (Å²) in [6, 6.07) is 7.68. The molecule has 0 aromatic carbocycles. The van der Waals surface area contributed by atoms with E-state index in [1.807, 2.05) is 35.0 Å². The molecular formula is C16H16N4O2S.